The number of hydrogen-bond donors (Lipinski definition) is 2. The molecule has 1 fully saturated rings. The van der Waals surface area contributed by atoms with E-state index in [2.05, 4.69) is 15.6 Å². The highest BCUT2D eigenvalue weighted by atomic mass is 32.1. The van der Waals surface area contributed by atoms with Gasteiger partial charge in [-0.25, -0.2) is 4.98 Å². The van der Waals surface area contributed by atoms with Gasteiger partial charge in [0.1, 0.15) is 0 Å². The Labute approximate surface area is 163 Å². The largest absolute Gasteiger partial charge is 0.493 e. The first-order chi connectivity index (χ1) is 13.1. The van der Waals surface area contributed by atoms with Crippen LogP contribution in [-0.4, -0.2) is 51.9 Å². The van der Waals surface area contributed by atoms with Gasteiger partial charge in [0.05, 0.1) is 31.9 Å². The van der Waals surface area contributed by atoms with Crippen LogP contribution in [0.15, 0.2) is 23.6 Å². The van der Waals surface area contributed by atoms with E-state index in [4.69, 9.17) is 14.2 Å². The van der Waals surface area contributed by atoms with Crippen molar-refractivity contribution >= 4 is 22.4 Å². The molecule has 1 aliphatic heterocycles. The van der Waals surface area contributed by atoms with Gasteiger partial charge in [-0.3, -0.25) is 4.79 Å². The van der Waals surface area contributed by atoms with E-state index in [-0.39, 0.29) is 5.91 Å². The second kappa shape index (κ2) is 8.69. The molecule has 1 saturated heterocycles. The van der Waals surface area contributed by atoms with Crippen LogP contribution in [0.2, 0.25) is 0 Å². The summed E-state index contributed by atoms with van der Waals surface area (Å²) in [6.07, 6.45) is 1.50. The third-order valence-corrected chi connectivity index (χ3v) is 5.62. The van der Waals surface area contributed by atoms with Gasteiger partial charge in [-0.2, -0.15) is 0 Å². The van der Waals surface area contributed by atoms with E-state index < -0.39 is 5.41 Å². The molecule has 0 bridgehead atoms. The molecule has 146 valence electrons. The van der Waals surface area contributed by atoms with Gasteiger partial charge in [0.2, 0.25) is 5.91 Å². The number of aromatic nitrogens is 1. The van der Waals surface area contributed by atoms with Gasteiger partial charge in [-0.15, -0.1) is 11.3 Å². The van der Waals surface area contributed by atoms with Gasteiger partial charge in [-0.05, 0) is 44.1 Å². The minimum absolute atomic E-state index is 0.0286. The molecule has 1 aromatic carbocycles. The standard InChI is InChI=1S/C19H25N3O4S/c1-24-12-19(6-8-20-9-7-19)17(23)22-18-21-14(11-27-18)13-4-5-15(25-2)16(10-13)26-3/h4-5,10-11,20H,6-9,12H2,1-3H3,(H,21,22,23). The number of nitrogens with zero attached hydrogens (tertiary/aromatic N) is 1. The van der Waals surface area contributed by atoms with E-state index in [1.165, 1.54) is 11.3 Å². The maximum absolute atomic E-state index is 12.9. The number of rotatable bonds is 7. The summed E-state index contributed by atoms with van der Waals surface area (Å²) in [5.74, 6) is 1.28. The molecule has 2 N–H and O–H groups in total. The van der Waals surface area contributed by atoms with Crippen LogP contribution < -0.4 is 20.1 Å². The van der Waals surface area contributed by atoms with Crippen molar-refractivity contribution in [3.05, 3.63) is 23.6 Å². The van der Waals surface area contributed by atoms with Crippen LogP contribution >= 0.6 is 11.3 Å². The first kappa shape index (κ1) is 19.6. The molecule has 0 atom stereocenters. The molecule has 0 radical (unpaired) electrons. The zero-order valence-corrected chi connectivity index (χ0v) is 16.6. The predicted molar refractivity (Wildman–Crippen MR) is 106 cm³/mol. The monoisotopic (exact) mass is 391 g/mol. The number of thiazole rings is 1. The summed E-state index contributed by atoms with van der Waals surface area (Å²) in [5.41, 5.74) is 1.18. The second-order valence-corrected chi connectivity index (χ2v) is 7.38. The zero-order valence-electron chi connectivity index (χ0n) is 15.8. The molecule has 0 unspecified atom stereocenters. The van der Waals surface area contributed by atoms with Crippen LogP contribution in [0.5, 0.6) is 11.5 Å². The predicted octanol–water partition coefficient (Wildman–Crippen LogP) is 2.78. The van der Waals surface area contributed by atoms with Crippen molar-refractivity contribution < 1.29 is 19.0 Å². The molecule has 0 saturated carbocycles. The fourth-order valence-electron chi connectivity index (χ4n) is 3.31. The minimum atomic E-state index is -0.505. The molecule has 0 aliphatic carbocycles. The number of hydrogen-bond acceptors (Lipinski definition) is 7. The Morgan fingerprint density at radius 3 is 2.63 bits per heavy atom. The van der Waals surface area contributed by atoms with Crippen molar-refractivity contribution in [2.75, 3.05) is 46.3 Å². The first-order valence-electron chi connectivity index (χ1n) is 8.81. The van der Waals surface area contributed by atoms with Crippen molar-refractivity contribution in [1.82, 2.24) is 10.3 Å². The molecule has 1 aromatic heterocycles. The molecule has 2 heterocycles. The van der Waals surface area contributed by atoms with Crippen LogP contribution in [0.3, 0.4) is 0 Å². The van der Waals surface area contributed by atoms with E-state index in [0.29, 0.717) is 23.2 Å². The maximum Gasteiger partial charge on any atom is 0.234 e. The Morgan fingerprint density at radius 1 is 1.22 bits per heavy atom. The molecule has 1 amide bonds. The van der Waals surface area contributed by atoms with Crippen molar-refractivity contribution in [2.45, 2.75) is 12.8 Å². The number of amides is 1. The Kier molecular flexibility index (Phi) is 6.30. The van der Waals surface area contributed by atoms with Gasteiger partial charge in [0, 0.05) is 18.1 Å². The lowest BCUT2D eigenvalue weighted by Gasteiger charge is -2.35. The normalized spacial score (nSPS) is 16.0. The van der Waals surface area contributed by atoms with Crippen LogP contribution in [-0.2, 0) is 9.53 Å². The smallest absolute Gasteiger partial charge is 0.234 e. The van der Waals surface area contributed by atoms with Gasteiger partial charge in [-0.1, -0.05) is 0 Å². The molecular formula is C19H25N3O4S. The molecule has 3 rings (SSSR count). The quantitative estimate of drug-likeness (QED) is 0.755. The average molecular weight is 391 g/mol. The molecule has 8 heteroatoms. The summed E-state index contributed by atoms with van der Waals surface area (Å²) < 4.78 is 16.0. The SMILES string of the molecule is COCC1(C(=O)Nc2nc(-c3ccc(OC)c(OC)c3)cs2)CCNCC1. The molecule has 1 aliphatic rings. The third kappa shape index (κ3) is 4.23. The lowest BCUT2D eigenvalue weighted by Crippen LogP contribution is -2.47. The number of nitrogens with one attached hydrogen (secondary N) is 2. The second-order valence-electron chi connectivity index (χ2n) is 6.53. The molecule has 7 nitrogen and oxygen atoms in total. The summed E-state index contributed by atoms with van der Waals surface area (Å²) >= 11 is 1.41. The Bertz CT molecular complexity index is 782. The van der Waals surface area contributed by atoms with E-state index in [1.54, 1.807) is 21.3 Å². The maximum atomic E-state index is 12.9. The van der Waals surface area contributed by atoms with E-state index in [1.807, 2.05) is 23.6 Å². The summed E-state index contributed by atoms with van der Waals surface area (Å²) in [7, 11) is 4.84. The number of benzene rings is 1. The van der Waals surface area contributed by atoms with Gasteiger partial charge in [0.25, 0.3) is 0 Å². The summed E-state index contributed by atoms with van der Waals surface area (Å²) in [6.45, 7) is 2.03. The lowest BCUT2D eigenvalue weighted by molar-refractivity contribution is -0.130. The zero-order chi connectivity index (χ0) is 19.3. The number of carbonyl (C=O) groups excluding carboxylic acids is 1. The molecule has 2 aromatic rings. The number of piperidine rings is 1. The number of ether oxygens (including phenoxy) is 3. The number of carbonyl (C=O) groups is 1. The topological polar surface area (TPSA) is 81.7 Å². The Balaban J connectivity index is 1.76. The molecular weight excluding hydrogens is 366 g/mol. The average Bonchev–Trinajstić information content (AvgIpc) is 3.16. The fraction of sp³-hybridized carbons (Fsp3) is 0.474. The highest BCUT2D eigenvalue weighted by Gasteiger charge is 2.40. The van der Waals surface area contributed by atoms with Crippen LogP contribution in [0.25, 0.3) is 11.3 Å². The lowest BCUT2D eigenvalue weighted by atomic mass is 9.79. The highest BCUT2D eigenvalue weighted by Crippen LogP contribution is 2.35. The molecule has 0 spiro atoms. The van der Waals surface area contributed by atoms with Crippen molar-refractivity contribution in [3.63, 3.8) is 0 Å². The van der Waals surface area contributed by atoms with Crippen molar-refractivity contribution in [1.29, 1.82) is 0 Å². The summed E-state index contributed by atoms with van der Waals surface area (Å²) in [4.78, 5) is 17.5. The minimum Gasteiger partial charge on any atom is -0.493 e. The van der Waals surface area contributed by atoms with Crippen LogP contribution in [0.4, 0.5) is 5.13 Å². The number of methoxy groups -OCH3 is 3. The van der Waals surface area contributed by atoms with E-state index >= 15 is 0 Å². The Morgan fingerprint density at radius 2 is 1.96 bits per heavy atom. The van der Waals surface area contributed by atoms with E-state index in [9.17, 15) is 4.79 Å². The Hall–Kier alpha value is -2.16. The van der Waals surface area contributed by atoms with Crippen molar-refractivity contribution in [3.8, 4) is 22.8 Å². The summed E-state index contributed by atoms with van der Waals surface area (Å²) in [5, 5.41) is 8.78. The highest BCUT2D eigenvalue weighted by molar-refractivity contribution is 7.14. The van der Waals surface area contributed by atoms with Gasteiger partial charge >= 0.3 is 0 Å². The van der Waals surface area contributed by atoms with Crippen LogP contribution in [0.1, 0.15) is 12.8 Å². The van der Waals surface area contributed by atoms with Crippen molar-refractivity contribution in [2.24, 2.45) is 5.41 Å². The summed E-state index contributed by atoms with van der Waals surface area (Å²) in [6, 6.07) is 5.63. The first-order valence-corrected chi connectivity index (χ1v) is 9.69. The third-order valence-electron chi connectivity index (χ3n) is 4.87. The number of anilines is 1. The molecule has 27 heavy (non-hydrogen) atoms. The fourth-order valence-corrected chi connectivity index (χ4v) is 4.02. The van der Waals surface area contributed by atoms with Gasteiger partial charge in [0.15, 0.2) is 16.6 Å². The van der Waals surface area contributed by atoms with Gasteiger partial charge < -0.3 is 24.8 Å². The van der Waals surface area contributed by atoms with Crippen LogP contribution in [0, 0.1) is 5.41 Å². The van der Waals surface area contributed by atoms with E-state index in [0.717, 1.165) is 37.2 Å².